The van der Waals surface area contributed by atoms with E-state index in [-0.39, 0.29) is 23.4 Å². The highest BCUT2D eigenvalue weighted by Gasteiger charge is 2.26. The van der Waals surface area contributed by atoms with Gasteiger partial charge >= 0.3 is 5.97 Å². The van der Waals surface area contributed by atoms with Gasteiger partial charge in [-0.15, -0.1) is 0 Å². The van der Waals surface area contributed by atoms with Crippen LogP contribution in [0.2, 0.25) is 0 Å². The van der Waals surface area contributed by atoms with Crippen molar-refractivity contribution in [3.63, 3.8) is 0 Å². The molecule has 28 heavy (non-hydrogen) atoms. The molecule has 0 saturated carbocycles. The molecule has 1 aliphatic heterocycles. The Labute approximate surface area is 178 Å². The van der Waals surface area contributed by atoms with Crippen molar-refractivity contribution in [3.8, 4) is 5.75 Å². The van der Waals surface area contributed by atoms with Gasteiger partial charge in [-0.05, 0) is 58.9 Å². The average molecular weight is 425 g/mol. The van der Waals surface area contributed by atoms with Crippen molar-refractivity contribution in [3.05, 3.63) is 28.8 Å². The zero-order valence-electron chi connectivity index (χ0n) is 18.3. The van der Waals surface area contributed by atoms with E-state index >= 15 is 0 Å². The molecule has 0 bridgehead atoms. The van der Waals surface area contributed by atoms with E-state index in [0.717, 1.165) is 34.8 Å². The minimum Gasteiger partial charge on any atom is -0.507 e. The Morgan fingerprint density at radius 1 is 1.11 bits per heavy atom. The highest BCUT2D eigenvalue weighted by molar-refractivity contribution is 8.77. The van der Waals surface area contributed by atoms with Crippen molar-refractivity contribution in [2.24, 2.45) is 0 Å². The van der Waals surface area contributed by atoms with Crippen LogP contribution in [0.5, 0.6) is 5.75 Å². The Morgan fingerprint density at radius 2 is 1.71 bits per heavy atom. The normalized spacial score (nSPS) is 17.7. The van der Waals surface area contributed by atoms with Crippen LogP contribution in [0.4, 0.5) is 0 Å². The second kappa shape index (κ2) is 9.80. The van der Waals surface area contributed by atoms with Gasteiger partial charge in [-0.25, -0.2) is 0 Å². The molecular weight excluding hydrogens is 388 g/mol. The minimum absolute atomic E-state index is 0.129. The highest BCUT2D eigenvalue weighted by Crippen LogP contribution is 2.41. The van der Waals surface area contributed by atoms with Crippen molar-refractivity contribution in [1.29, 1.82) is 0 Å². The molecule has 0 aromatic heterocycles. The molecule has 1 atom stereocenters. The van der Waals surface area contributed by atoms with Gasteiger partial charge < -0.3 is 9.84 Å². The van der Waals surface area contributed by atoms with E-state index in [1.54, 1.807) is 0 Å². The third kappa shape index (κ3) is 6.91. The molecule has 0 spiro atoms. The van der Waals surface area contributed by atoms with Crippen LogP contribution < -0.4 is 0 Å². The minimum atomic E-state index is -0.180. The first-order valence-corrected chi connectivity index (χ1v) is 12.7. The molecule has 0 aliphatic carbocycles. The van der Waals surface area contributed by atoms with Crippen molar-refractivity contribution < 1.29 is 14.6 Å². The lowest BCUT2D eigenvalue weighted by molar-refractivity contribution is -0.145. The van der Waals surface area contributed by atoms with E-state index in [9.17, 15) is 9.90 Å². The number of hydrogen-bond acceptors (Lipinski definition) is 5. The number of phenolic OH excluding ortho intramolecular Hbond substituents is 1. The van der Waals surface area contributed by atoms with Crippen LogP contribution in [0.3, 0.4) is 0 Å². The number of phenols is 1. The van der Waals surface area contributed by atoms with Gasteiger partial charge in [0.15, 0.2) is 0 Å². The molecule has 158 valence electrons. The number of aromatic hydroxyl groups is 1. The molecule has 1 saturated heterocycles. The van der Waals surface area contributed by atoms with Gasteiger partial charge in [0.05, 0.1) is 0 Å². The van der Waals surface area contributed by atoms with Crippen molar-refractivity contribution in [1.82, 2.24) is 0 Å². The fourth-order valence-corrected chi connectivity index (χ4v) is 6.39. The van der Waals surface area contributed by atoms with E-state index < -0.39 is 0 Å². The molecular formula is C23H36O3S2. The first kappa shape index (κ1) is 23.5. The van der Waals surface area contributed by atoms with Crippen LogP contribution in [-0.2, 0) is 27.0 Å². The number of carbonyl (C=O) groups excluding carboxylic acids is 1. The SMILES string of the molecule is CC(C)(C)c1cc(COC(=O)CCCCC2CCSS2)cc(C(C)(C)C)c1O. The molecule has 3 nitrogen and oxygen atoms in total. The monoisotopic (exact) mass is 424 g/mol. The summed E-state index contributed by atoms with van der Waals surface area (Å²) in [5.41, 5.74) is 2.39. The third-order valence-corrected chi connectivity index (χ3v) is 8.08. The van der Waals surface area contributed by atoms with E-state index in [1.165, 1.54) is 18.6 Å². The summed E-state index contributed by atoms with van der Waals surface area (Å²) in [6, 6.07) is 3.96. The predicted molar refractivity (Wildman–Crippen MR) is 122 cm³/mol. The number of carbonyl (C=O) groups is 1. The van der Waals surface area contributed by atoms with Gasteiger partial charge in [0.1, 0.15) is 12.4 Å². The summed E-state index contributed by atoms with van der Waals surface area (Å²) in [6.45, 7) is 12.8. The molecule has 0 radical (unpaired) electrons. The topological polar surface area (TPSA) is 46.5 Å². The summed E-state index contributed by atoms with van der Waals surface area (Å²) < 4.78 is 5.55. The standard InChI is InChI=1S/C23H36O3S2/c1-22(2,3)18-13-16(14-19(21(18)25)23(4,5)6)15-26-20(24)10-8-7-9-17-11-12-27-28-17/h13-14,17,25H,7-12,15H2,1-6H3. The molecule has 0 amide bonds. The predicted octanol–water partition coefficient (Wildman–Crippen LogP) is 6.74. The molecule has 2 rings (SSSR count). The van der Waals surface area contributed by atoms with E-state index in [0.29, 0.717) is 12.2 Å². The van der Waals surface area contributed by atoms with Crippen LogP contribution in [0.15, 0.2) is 12.1 Å². The number of rotatable bonds is 7. The number of unbranched alkanes of at least 4 members (excludes halogenated alkanes) is 1. The summed E-state index contributed by atoms with van der Waals surface area (Å²) in [5, 5.41) is 11.6. The summed E-state index contributed by atoms with van der Waals surface area (Å²) in [7, 11) is 3.96. The highest BCUT2D eigenvalue weighted by atomic mass is 33.1. The van der Waals surface area contributed by atoms with Gasteiger partial charge in [-0.1, -0.05) is 69.6 Å². The Hall–Kier alpha value is -0.810. The maximum Gasteiger partial charge on any atom is 0.306 e. The zero-order valence-corrected chi connectivity index (χ0v) is 19.9. The molecule has 1 aromatic rings. The fourth-order valence-electron chi connectivity index (χ4n) is 3.36. The van der Waals surface area contributed by atoms with Crippen LogP contribution in [0, 0.1) is 0 Å². The van der Waals surface area contributed by atoms with Crippen LogP contribution in [-0.4, -0.2) is 22.1 Å². The first-order valence-electron chi connectivity index (χ1n) is 10.3. The molecule has 1 N–H and O–H groups in total. The Balaban J connectivity index is 1.94. The number of benzene rings is 1. The summed E-state index contributed by atoms with van der Waals surface area (Å²) in [6.07, 6.45) is 4.98. The Morgan fingerprint density at radius 3 is 2.21 bits per heavy atom. The summed E-state index contributed by atoms with van der Waals surface area (Å²) in [4.78, 5) is 12.2. The number of esters is 1. The maximum absolute atomic E-state index is 12.2. The van der Waals surface area contributed by atoms with E-state index in [1.807, 2.05) is 33.7 Å². The number of hydrogen-bond donors (Lipinski definition) is 1. The van der Waals surface area contributed by atoms with Crippen molar-refractivity contribution in [2.45, 2.75) is 96.3 Å². The fraction of sp³-hybridized carbons (Fsp3) is 0.696. The van der Waals surface area contributed by atoms with Crippen LogP contribution in [0.25, 0.3) is 0 Å². The zero-order chi connectivity index (χ0) is 20.9. The van der Waals surface area contributed by atoms with Gasteiger partial charge in [-0.3, -0.25) is 4.79 Å². The van der Waals surface area contributed by atoms with Gasteiger partial charge in [-0.2, -0.15) is 0 Å². The summed E-state index contributed by atoms with van der Waals surface area (Å²) >= 11 is 0. The smallest absolute Gasteiger partial charge is 0.306 e. The lowest BCUT2D eigenvalue weighted by Crippen LogP contribution is -2.18. The molecule has 1 unspecified atom stereocenters. The van der Waals surface area contributed by atoms with E-state index in [4.69, 9.17) is 4.74 Å². The van der Waals surface area contributed by atoms with E-state index in [2.05, 4.69) is 41.5 Å². The van der Waals surface area contributed by atoms with Crippen molar-refractivity contribution >= 4 is 27.6 Å². The quantitative estimate of drug-likeness (QED) is 0.298. The molecule has 1 aromatic carbocycles. The summed E-state index contributed by atoms with van der Waals surface area (Å²) in [5.74, 6) is 1.49. The maximum atomic E-state index is 12.2. The largest absolute Gasteiger partial charge is 0.507 e. The molecule has 1 aliphatic rings. The second-order valence-corrected chi connectivity index (χ2v) is 12.6. The molecule has 5 heteroatoms. The third-order valence-electron chi connectivity index (χ3n) is 5.07. The van der Waals surface area contributed by atoms with Gasteiger partial charge in [0, 0.05) is 17.4 Å². The Kier molecular flexibility index (Phi) is 8.21. The second-order valence-electron chi connectivity index (χ2n) is 9.77. The molecule has 1 fully saturated rings. The first-order chi connectivity index (χ1) is 13.0. The van der Waals surface area contributed by atoms with Gasteiger partial charge in [0.25, 0.3) is 0 Å². The number of ether oxygens (including phenoxy) is 1. The molecule has 1 heterocycles. The van der Waals surface area contributed by atoms with Crippen molar-refractivity contribution in [2.75, 3.05) is 5.75 Å². The van der Waals surface area contributed by atoms with Gasteiger partial charge in [0.2, 0.25) is 0 Å². The average Bonchev–Trinajstić information content (AvgIpc) is 3.09. The lowest BCUT2D eigenvalue weighted by atomic mass is 9.78. The van der Waals surface area contributed by atoms with Crippen LogP contribution >= 0.6 is 21.6 Å². The lowest BCUT2D eigenvalue weighted by Gasteiger charge is -2.28. The Bertz CT molecular complexity index is 630. The van der Waals surface area contributed by atoms with Crippen LogP contribution in [0.1, 0.15) is 90.3 Å².